The summed E-state index contributed by atoms with van der Waals surface area (Å²) in [7, 11) is 0. The topological polar surface area (TPSA) is 39.7 Å². The van der Waals surface area contributed by atoms with Crippen LogP contribution in [0.5, 0.6) is 11.5 Å². The maximum absolute atomic E-state index is 5.83. The van der Waals surface area contributed by atoms with Crippen molar-refractivity contribution in [2.24, 2.45) is 0 Å². The van der Waals surface area contributed by atoms with Gasteiger partial charge in [0.15, 0.2) is 11.5 Å². The lowest BCUT2D eigenvalue weighted by molar-refractivity contribution is 0.108. The SMILES string of the molecule is CCNCc1cccc(OCC)c1OCCOCC. The molecule has 0 aromatic heterocycles. The Morgan fingerprint density at radius 2 is 1.84 bits per heavy atom. The van der Waals surface area contributed by atoms with E-state index in [1.165, 1.54) is 0 Å². The van der Waals surface area contributed by atoms with Crippen LogP contribution in [0.25, 0.3) is 0 Å². The van der Waals surface area contributed by atoms with Gasteiger partial charge in [-0.2, -0.15) is 0 Å². The molecule has 19 heavy (non-hydrogen) atoms. The summed E-state index contributed by atoms with van der Waals surface area (Å²) in [5.74, 6) is 1.62. The molecule has 0 amide bonds. The monoisotopic (exact) mass is 267 g/mol. The Labute approximate surface area is 116 Å². The zero-order valence-corrected chi connectivity index (χ0v) is 12.2. The maximum Gasteiger partial charge on any atom is 0.165 e. The van der Waals surface area contributed by atoms with Gasteiger partial charge in [0.1, 0.15) is 6.61 Å². The first-order chi connectivity index (χ1) is 9.33. The van der Waals surface area contributed by atoms with Crippen LogP contribution in [-0.2, 0) is 11.3 Å². The molecule has 1 N–H and O–H groups in total. The van der Waals surface area contributed by atoms with Crippen molar-refractivity contribution in [3.05, 3.63) is 23.8 Å². The summed E-state index contributed by atoms with van der Waals surface area (Å²) in [6, 6.07) is 5.99. The summed E-state index contributed by atoms with van der Waals surface area (Å²) in [4.78, 5) is 0. The second-order valence-electron chi connectivity index (χ2n) is 4.00. The quantitative estimate of drug-likeness (QED) is 0.661. The van der Waals surface area contributed by atoms with Crippen LogP contribution in [0.2, 0.25) is 0 Å². The van der Waals surface area contributed by atoms with Gasteiger partial charge in [0, 0.05) is 18.7 Å². The molecule has 0 fully saturated rings. The van der Waals surface area contributed by atoms with E-state index in [9.17, 15) is 0 Å². The predicted molar refractivity (Wildman–Crippen MR) is 77.0 cm³/mol. The van der Waals surface area contributed by atoms with Gasteiger partial charge in [0.05, 0.1) is 13.2 Å². The molecule has 0 bridgehead atoms. The number of rotatable bonds is 10. The van der Waals surface area contributed by atoms with E-state index >= 15 is 0 Å². The molecule has 108 valence electrons. The van der Waals surface area contributed by atoms with E-state index < -0.39 is 0 Å². The summed E-state index contributed by atoms with van der Waals surface area (Å²) in [6.45, 7) is 10.2. The first-order valence-electron chi connectivity index (χ1n) is 6.99. The third-order valence-corrected chi connectivity index (χ3v) is 2.60. The maximum atomic E-state index is 5.83. The summed E-state index contributed by atoms with van der Waals surface area (Å²) in [5, 5.41) is 3.31. The van der Waals surface area contributed by atoms with Gasteiger partial charge >= 0.3 is 0 Å². The van der Waals surface area contributed by atoms with Crippen molar-refractivity contribution in [2.45, 2.75) is 27.3 Å². The van der Waals surface area contributed by atoms with Crippen LogP contribution < -0.4 is 14.8 Å². The smallest absolute Gasteiger partial charge is 0.165 e. The fourth-order valence-electron chi connectivity index (χ4n) is 1.74. The molecule has 0 spiro atoms. The van der Waals surface area contributed by atoms with Crippen LogP contribution in [0.4, 0.5) is 0 Å². The Kier molecular flexibility index (Phi) is 8.02. The third kappa shape index (κ3) is 5.49. The second kappa shape index (κ2) is 9.64. The standard InChI is InChI=1S/C15H25NO3/c1-4-16-12-13-8-7-9-14(18-6-3)15(13)19-11-10-17-5-2/h7-9,16H,4-6,10-12H2,1-3H3. The van der Waals surface area contributed by atoms with Crippen molar-refractivity contribution < 1.29 is 14.2 Å². The van der Waals surface area contributed by atoms with Gasteiger partial charge in [-0.1, -0.05) is 19.1 Å². The molecule has 0 unspecified atom stereocenters. The normalized spacial score (nSPS) is 10.5. The average molecular weight is 267 g/mol. The first-order valence-corrected chi connectivity index (χ1v) is 6.99. The van der Waals surface area contributed by atoms with Gasteiger partial charge in [-0.3, -0.25) is 0 Å². The number of hydrogen-bond donors (Lipinski definition) is 1. The first kappa shape index (κ1) is 15.8. The molecule has 0 atom stereocenters. The molecule has 0 heterocycles. The Hall–Kier alpha value is -1.26. The van der Waals surface area contributed by atoms with E-state index in [0.717, 1.165) is 30.2 Å². The van der Waals surface area contributed by atoms with Gasteiger partial charge in [-0.15, -0.1) is 0 Å². The van der Waals surface area contributed by atoms with Gasteiger partial charge in [0.2, 0.25) is 0 Å². The third-order valence-electron chi connectivity index (χ3n) is 2.60. The molecule has 1 rings (SSSR count). The van der Waals surface area contributed by atoms with Crippen LogP contribution in [0.1, 0.15) is 26.3 Å². The van der Waals surface area contributed by atoms with Crippen LogP contribution in [-0.4, -0.2) is 33.0 Å². The highest BCUT2D eigenvalue weighted by Crippen LogP contribution is 2.31. The molecule has 4 nitrogen and oxygen atoms in total. The number of para-hydroxylation sites is 1. The van der Waals surface area contributed by atoms with Crippen molar-refractivity contribution >= 4 is 0 Å². The summed E-state index contributed by atoms with van der Waals surface area (Å²) in [6.07, 6.45) is 0. The minimum atomic E-state index is 0.539. The highest BCUT2D eigenvalue weighted by molar-refractivity contribution is 5.46. The van der Waals surface area contributed by atoms with Crippen LogP contribution in [0.15, 0.2) is 18.2 Å². The number of hydrogen-bond acceptors (Lipinski definition) is 4. The molecule has 4 heteroatoms. The lowest BCUT2D eigenvalue weighted by Crippen LogP contribution is -2.14. The lowest BCUT2D eigenvalue weighted by Gasteiger charge is -2.16. The van der Waals surface area contributed by atoms with Crippen molar-refractivity contribution in [3.63, 3.8) is 0 Å². The molecule has 0 aliphatic carbocycles. The zero-order chi connectivity index (χ0) is 13.9. The Morgan fingerprint density at radius 1 is 1.00 bits per heavy atom. The van der Waals surface area contributed by atoms with Crippen molar-refractivity contribution in [2.75, 3.05) is 33.0 Å². The zero-order valence-electron chi connectivity index (χ0n) is 12.2. The van der Waals surface area contributed by atoms with Gasteiger partial charge < -0.3 is 19.5 Å². The van der Waals surface area contributed by atoms with E-state index in [4.69, 9.17) is 14.2 Å². The molecule has 1 aromatic rings. The van der Waals surface area contributed by atoms with Crippen molar-refractivity contribution in [1.82, 2.24) is 5.32 Å². The molecule has 0 aliphatic heterocycles. The second-order valence-corrected chi connectivity index (χ2v) is 4.00. The molecule has 0 saturated heterocycles. The molecule has 1 aromatic carbocycles. The molecular weight excluding hydrogens is 242 g/mol. The fraction of sp³-hybridized carbons (Fsp3) is 0.600. The Bertz CT molecular complexity index is 355. The van der Waals surface area contributed by atoms with E-state index in [0.29, 0.717) is 26.4 Å². The summed E-state index contributed by atoms with van der Waals surface area (Å²) in [5.41, 5.74) is 1.12. The van der Waals surface area contributed by atoms with Crippen LogP contribution in [0, 0.1) is 0 Å². The van der Waals surface area contributed by atoms with E-state index in [-0.39, 0.29) is 0 Å². The number of ether oxygens (including phenoxy) is 3. The molecule has 0 radical (unpaired) electrons. The molecule has 0 saturated carbocycles. The lowest BCUT2D eigenvalue weighted by atomic mass is 10.2. The van der Waals surface area contributed by atoms with E-state index in [1.807, 2.05) is 26.0 Å². The molecule has 0 aliphatic rings. The van der Waals surface area contributed by atoms with Gasteiger partial charge in [-0.25, -0.2) is 0 Å². The van der Waals surface area contributed by atoms with Crippen molar-refractivity contribution in [1.29, 1.82) is 0 Å². The highest BCUT2D eigenvalue weighted by Gasteiger charge is 2.10. The van der Waals surface area contributed by atoms with Gasteiger partial charge in [0.25, 0.3) is 0 Å². The predicted octanol–water partition coefficient (Wildman–Crippen LogP) is 2.61. The Balaban J connectivity index is 2.74. The minimum Gasteiger partial charge on any atom is -0.490 e. The highest BCUT2D eigenvalue weighted by atomic mass is 16.5. The average Bonchev–Trinajstić information content (AvgIpc) is 2.43. The van der Waals surface area contributed by atoms with E-state index in [2.05, 4.69) is 18.3 Å². The summed E-state index contributed by atoms with van der Waals surface area (Å²) >= 11 is 0. The largest absolute Gasteiger partial charge is 0.490 e. The van der Waals surface area contributed by atoms with E-state index in [1.54, 1.807) is 0 Å². The van der Waals surface area contributed by atoms with Gasteiger partial charge in [-0.05, 0) is 26.5 Å². The number of benzene rings is 1. The summed E-state index contributed by atoms with van der Waals surface area (Å²) < 4.78 is 16.7. The minimum absolute atomic E-state index is 0.539. The Morgan fingerprint density at radius 3 is 2.53 bits per heavy atom. The van der Waals surface area contributed by atoms with Crippen LogP contribution >= 0.6 is 0 Å². The fourth-order valence-corrected chi connectivity index (χ4v) is 1.74. The number of nitrogens with one attached hydrogen (secondary N) is 1. The molecular formula is C15H25NO3. The van der Waals surface area contributed by atoms with Crippen molar-refractivity contribution in [3.8, 4) is 11.5 Å². The van der Waals surface area contributed by atoms with Crippen LogP contribution in [0.3, 0.4) is 0 Å².